The number of pyridine rings is 1. The van der Waals surface area contributed by atoms with Crippen LogP contribution in [-0.2, 0) is 6.42 Å². The van der Waals surface area contributed by atoms with Crippen LogP contribution in [0, 0.1) is 5.41 Å². The molecule has 0 spiro atoms. The molecule has 0 bridgehead atoms. The summed E-state index contributed by atoms with van der Waals surface area (Å²) < 4.78 is 1.45. The van der Waals surface area contributed by atoms with Crippen molar-refractivity contribution >= 4 is 11.7 Å². The van der Waals surface area contributed by atoms with Gasteiger partial charge in [-0.2, -0.15) is 0 Å². The molecular formula is C24H28N2O3. The molecule has 1 fully saturated rings. The molecule has 0 saturated heterocycles. The molecule has 1 N–H and O–H groups in total. The highest BCUT2D eigenvalue weighted by Gasteiger charge is 2.36. The van der Waals surface area contributed by atoms with E-state index in [1.165, 1.54) is 11.0 Å². The smallest absolute Gasteiger partial charge is 0.268 e. The highest BCUT2D eigenvalue weighted by Crippen LogP contribution is 2.36. The first-order chi connectivity index (χ1) is 13.9. The standard InChI is InChI=1S/C24H28N2O3/c1-24(2)13-18-19(20(27)14-24)15-26(17-11-7-4-8-12-17)23(29)21(18)22(28)25-16-9-5-3-6-10-16/h4,7-8,11-12,15-16H,3,5-6,9-10,13-14H2,1-2H3,(H,25,28). The van der Waals surface area contributed by atoms with Crippen LogP contribution in [0.4, 0.5) is 0 Å². The van der Waals surface area contributed by atoms with E-state index in [0.717, 1.165) is 25.7 Å². The average Bonchev–Trinajstić information content (AvgIpc) is 2.68. The summed E-state index contributed by atoms with van der Waals surface area (Å²) in [4.78, 5) is 39.6. The van der Waals surface area contributed by atoms with E-state index in [1.54, 1.807) is 6.20 Å². The topological polar surface area (TPSA) is 68.2 Å². The summed E-state index contributed by atoms with van der Waals surface area (Å²) in [6, 6.07) is 9.28. The van der Waals surface area contributed by atoms with Crippen molar-refractivity contribution in [2.75, 3.05) is 0 Å². The number of Topliss-reactive ketones (excluding diaryl/α,β-unsaturated/α-hetero) is 1. The Morgan fingerprint density at radius 3 is 2.41 bits per heavy atom. The van der Waals surface area contributed by atoms with Gasteiger partial charge in [0.1, 0.15) is 5.56 Å². The Morgan fingerprint density at radius 2 is 1.72 bits per heavy atom. The summed E-state index contributed by atoms with van der Waals surface area (Å²) >= 11 is 0. The molecule has 4 rings (SSSR count). The third kappa shape index (κ3) is 3.91. The van der Waals surface area contributed by atoms with Gasteiger partial charge in [-0.15, -0.1) is 0 Å². The summed E-state index contributed by atoms with van der Waals surface area (Å²) in [6.45, 7) is 4.03. The van der Waals surface area contributed by atoms with E-state index in [1.807, 2.05) is 44.2 Å². The fourth-order valence-electron chi connectivity index (χ4n) is 4.66. The molecule has 152 valence electrons. The van der Waals surface area contributed by atoms with Gasteiger partial charge in [0.15, 0.2) is 5.78 Å². The van der Waals surface area contributed by atoms with Gasteiger partial charge in [0.05, 0.1) is 0 Å². The molecule has 2 aliphatic carbocycles. The van der Waals surface area contributed by atoms with Gasteiger partial charge in [0.2, 0.25) is 0 Å². The molecule has 0 radical (unpaired) electrons. The molecule has 0 aliphatic heterocycles. The molecule has 29 heavy (non-hydrogen) atoms. The van der Waals surface area contributed by atoms with Crippen LogP contribution in [0.2, 0.25) is 0 Å². The van der Waals surface area contributed by atoms with Gasteiger partial charge in [-0.05, 0) is 42.4 Å². The summed E-state index contributed by atoms with van der Waals surface area (Å²) in [7, 11) is 0. The second-order valence-electron chi connectivity index (χ2n) is 9.16. The minimum absolute atomic E-state index is 0.00681. The molecule has 1 heterocycles. The molecule has 1 amide bonds. The van der Waals surface area contributed by atoms with Crippen LogP contribution in [0.1, 0.15) is 78.7 Å². The van der Waals surface area contributed by atoms with E-state index < -0.39 is 0 Å². The highest BCUT2D eigenvalue weighted by atomic mass is 16.2. The second-order valence-corrected chi connectivity index (χ2v) is 9.16. The normalized spacial score (nSPS) is 18.9. The van der Waals surface area contributed by atoms with Crippen molar-refractivity contribution in [1.82, 2.24) is 9.88 Å². The van der Waals surface area contributed by atoms with Crippen molar-refractivity contribution in [3.8, 4) is 5.69 Å². The van der Waals surface area contributed by atoms with E-state index in [9.17, 15) is 14.4 Å². The van der Waals surface area contributed by atoms with Gasteiger partial charge in [-0.1, -0.05) is 51.3 Å². The Balaban J connectivity index is 1.85. The third-order valence-electron chi connectivity index (χ3n) is 6.11. The number of nitrogens with one attached hydrogen (secondary N) is 1. The lowest BCUT2D eigenvalue weighted by molar-refractivity contribution is 0.0906. The summed E-state index contributed by atoms with van der Waals surface area (Å²) in [6.07, 6.45) is 7.85. The largest absolute Gasteiger partial charge is 0.349 e. The number of rotatable bonds is 3. The average molecular weight is 392 g/mol. The summed E-state index contributed by atoms with van der Waals surface area (Å²) in [5.41, 5.74) is 1.28. The maximum Gasteiger partial charge on any atom is 0.268 e. The minimum atomic E-state index is -0.353. The van der Waals surface area contributed by atoms with Crippen molar-refractivity contribution in [3.63, 3.8) is 0 Å². The van der Waals surface area contributed by atoms with E-state index >= 15 is 0 Å². The maximum absolute atomic E-state index is 13.4. The van der Waals surface area contributed by atoms with Crippen molar-refractivity contribution in [2.24, 2.45) is 5.41 Å². The molecule has 1 aromatic carbocycles. The van der Waals surface area contributed by atoms with E-state index in [-0.39, 0.29) is 34.3 Å². The lowest BCUT2D eigenvalue weighted by atomic mass is 9.73. The number of hydrogen-bond donors (Lipinski definition) is 1. The summed E-state index contributed by atoms with van der Waals surface area (Å²) in [5.74, 6) is -0.346. The molecule has 2 aliphatic rings. The molecule has 0 atom stereocenters. The molecule has 1 aromatic heterocycles. The zero-order valence-corrected chi connectivity index (χ0v) is 17.2. The number of para-hydroxylation sites is 1. The molecule has 5 nitrogen and oxygen atoms in total. The van der Waals surface area contributed by atoms with Gasteiger partial charge >= 0.3 is 0 Å². The van der Waals surface area contributed by atoms with Crippen LogP contribution in [0.3, 0.4) is 0 Å². The van der Waals surface area contributed by atoms with Crippen LogP contribution in [0.15, 0.2) is 41.3 Å². The molecule has 5 heteroatoms. The van der Waals surface area contributed by atoms with E-state index in [2.05, 4.69) is 5.32 Å². The Kier molecular flexibility index (Phi) is 5.15. The lowest BCUT2D eigenvalue weighted by Crippen LogP contribution is -2.42. The molecule has 0 unspecified atom stereocenters. The first-order valence-corrected chi connectivity index (χ1v) is 10.5. The SMILES string of the molecule is CC1(C)CC(=O)c2cn(-c3ccccc3)c(=O)c(C(=O)NC3CCCCC3)c2C1. The molecule has 2 aromatic rings. The van der Waals surface area contributed by atoms with Gasteiger partial charge in [-0.3, -0.25) is 19.0 Å². The predicted molar refractivity (Wildman–Crippen MR) is 113 cm³/mol. The highest BCUT2D eigenvalue weighted by molar-refractivity contribution is 6.04. The third-order valence-corrected chi connectivity index (χ3v) is 6.11. The van der Waals surface area contributed by atoms with Gasteiger partial charge in [0, 0.05) is 29.9 Å². The van der Waals surface area contributed by atoms with E-state index in [0.29, 0.717) is 29.7 Å². The molecule has 1 saturated carbocycles. The number of hydrogen-bond acceptors (Lipinski definition) is 3. The number of nitrogens with zero attached hydrogens (tertiary/aromatic N) is 1. The van der Waals surface area contributed by atoms with Crippen molar-refractivity contribution in [3.05, 3.63) is 63.6 Å². The number of carbonyl (C=O) groups excluding carboxylic acids is 2. The van der Waals surface area contributed by atoms with Crippen molar-refractivity contribution in [1.29, 1.82) is 0 Å². The van der Waals surface area contributed by atoms with Gasteiger partial charge in [0.25, 0.3) is 11.5 Å². The number of benzene rings is 1. The Hall–Kier alpha value is -2.69. The zero-order chi connectivity index (χ0) is 20.6. The quantitative estimate of drug-likeness (QED) is 0.857. The fraction of sp³-hybridized carbons (Fsp3) is 0.458. The van der Waals surface area contributed by atoms with Gasteiger partial charge in [-0.25, -0.2) is 0 Å². The number of fused-ring (bicyclic) bond motifs is 1. The summed E-state index contributed by atoms with van der Waals surface area (Å²) in [5, 5.41) is 3.08. The first-order valence-electron chi connectivity index (χ1n) is 10.5. The van der Waals surface area contributed by atoms with Crippen molar-refractivity contribution in [2.45, 2.75) is 64.8 Å². The van der Waals surface area contributed by atoms with Crippen LogP contribution < -0.4 is 10.9 Å². The fourth-order valence-corrected chi connectivity index (χ4v) is 4.66. The lowest BCUT2D eigenvalue weighted by Gasteiger charge is -2.32. The van der Waals surface area contributed by atoms with Crippen LogP contribution in [-0.4, -0.2) is 22.3 Å². The van der Waals surface area contributed by atoms with Crippen LogP contribution in [0.5, 0.6) is 0 Å². The Labute approximate surface area is 171 Å². The van der Waals surface area contributed by atoms with Crippen molar-refractivity contribution < 1.29 is 9.59 Å². The minimum Gasteiger partial charge on any atom is -0.349 e. The zero-order valence-electron chi connectivity index (χ0n) is 17.2. The maximum atomic E-state index is 13.4. The number of aromatic nitrogens is 1. The first kappa shape index (κ1) is 19.6. The Bertz CT molecular complexity index is 999. The van der Waals surface area contributed by atoms with E-state index in [4.69, 9.17) is 0 Å². The number of ketones is 1. The number of carbonyl (C=O) groups is 2. The predicted octanol–water partition coefficient (Wildman–Crippen LogP) is 4.06. The second kappa shape index (κ2) is 7.62. The Morgan fingerprint density at radius 1 is 1.03 bits per heavy atom. The monoisotopic (exact) mass is 392 g/mol. The van der Waals surface area contributed by atoms with Gasteiger partial charge < -0.3 is 5.32 Å². The number of amides is 1. The van der Waals surface area contributed by atoms with Crippen LogP contribution >= 0.6 is 0 Å². The van der Waals surface area contributed by atoms with Crippen LogP contribution in [0.25, 0.3) is 5.69 Å². The molecular weight excluding hydrogens is 364 g/mol.